The van der Waals surface area contributed by atoms with Gasteiger partial charge in [-0.05, 0) is 51.5 Å². The van der Waals surface area contributed by atoms with Gasteiger partial charge in [0.25, 0.3) is 0 Å². The summed E-state index contributed by atoms with van der Waals surface area (Å²) in [5.41, 5.74) is 8.01. The average molecular weight is 504 g/mol. The minimum atomic E-state index is -0.617. The average Bonchev–Trinajstić information content (AvgIpc) is 2.83. The van der Waals surface area contributed by atoms with Gasteiger partial charge in [-0.25, -0.2) is 4.79 Å². The second-order valence-corrected chi connectivity index (χ2v) is 8.47. The van der Waals surface area contributed by atoms with Gasteiger partial charge in [0.2, 0.25) is 0 Å². The van der Waals surface area contributed by atoms with E-state index in [0.29, 0.717) is 35.0 Å². The fourth-order valence-electron chi connectivity index (χ4n) is 3.51. The lowest BCUT2D eigenvalue weighted by atomic mass is 10.0. The van der Waals surface area contributed by atoms with Crippen molar-refractivity contribution in [3.63, 3.8) is 0 Å². The Bertz CT molecular complexity index is 1500. The van der Waals surface area contributed by atoms with Gasteiger partial charge in [0.05, 0.1) is 7.11 Å². The first-order valence-electron chi connectivity index (χ1n) is 11.4. The molecular formula is C29H29NO7. The van der Waals surface area contributed by atoms with Crippen LogP contribution in [0.3, 0.4) is 0 Å². The predicted octanol–water partition coefficient (Wildman–Crippen LogP) is 5.52. The van der Waals surface area contributed by atoms with E-state index in [4.69, 9.17) is 19.6 Å². The molecule has 0 amide bonds. The topological polar surface area (TPSA) is 132 Å². The van der Waals surface area contributed by atoms with Crippen molar-refractivity contribution >= 4 is 22.6 Å². The van der Waals surface area contributed by atoms with Gasteiger partial charge in [0.1, 0.15) is 45.3 Å². The molecule has 0 radical (unpaired) electrons. The molecule has 4 aromatic rings. The molecule has 3 aromatic carbocycles. The number of carbonyl (C=O) groups is 1. The van der Waals surface area contributed by atoms with E-state index < -0.39 is 5.97 Å². The van der Waals surface area contributed by atoms with Crippen molar-refractivity contribution in [3.05, 3.63) is 99.4 Å². The van der Waals surface area contributed by atoms with Crippen LogP contribution < -0.4 is 20.6 Å². The van der Waals surface area contributed by atoms with Crippen LogP contribution in [0.5, 0.6) is 23.0 Å². The first kappa shape index (κ1) is 26.9. The van der Waals surface area contributed by atoms with Crippen LogP contribution in [0, 0.1) is 6.92 Å². The van der Waals surface area contributed by atoms with Gasteiger partial charge in [0.15, 0.2) is 5.43 Å². The number of benzene rings is 3. The van der Waals surface area contributed by atoms with Crippen LogP contribution in [-0.2, 0) is 6.42 Å². The summed E-state index contributed by atoms with van der Waals surface area (Å²) in [6, 6.07) is 15.7. The molecule has 1 aromatic heterocycles. The molecule has 8 heteroatoms. The third-order valence-corrected chi connectivity index (χ3v) is 5.30. The molecule has 37 heavy (non-hydrogen) atoms. The Kier molecular flexibility index (Phi) is 8.58. The van der Waals surface area contributed by atoms with Crippen molar-refractivity contribution in [2.24, 2.45) is 0 Å². The summed E-state index contributed by atoms with van der Waals surface area (Å²) in [4.78, 5) is 23.8. The Labute approximate surface area is 214 Å². The number of nitrogen functional groups attached to an aromatic ring is 1. The molecule has 1 heterocycles. The molecule has 8 nitrogen and oxygen atoms in total. The zero-order valence-corrected chi connectivity index (χ0v) is 21.1. The van der Waals surface area contributed by atoms with Gasteiger partial charge in [0, 0.05) is 29.4 Å². The molecule has 0 unspecified atom stereocenters. The van der Waals surface area contributed by atoms with Crippen LogP contribution in [0.15, 0.2) is 81.5 Å². The summed E-state index contributed by atoms with van der Waals surface area (Å²) in [5, 5.41) is 19.8. The Hall–Kier alpha value is -4.72. The van der Waals surface area contributed by atoms with Crippen LogP contribution in [0.1, 0.15) is 35.5 Å². The van der Waals surface area contributed by atoms with E-state index in [9.17, 15) is 19.8 Å². The largest absolute Gasteiger partial charge is 0.507 e. The first-order valence-corrected chi connectivity index (χ1v) is 11.4. The van der Waals surface area contributed by atoms with Gasteiger partial charge < -0.3 is 29.8 Å². The molecule has 4 N–H and O–H groups in total. The number of carbonyl (C=O) groups excluding carboxylic acids is 1. The summed E-state index contributed by atoms with van der Waals surface area (Å²) < 4.78 is 16.0. The Morgan fingerprint density at radius 2 is 1.73 bits per heavy atom. The number of nitrogens with two attached hydrogens (primary N) is 1. The molecule has 192 valence electrons. The third-order valence-electron chi connectivity index (χ3n) is 5.30. The maximum atomic E-state index is 12.0. The number of phenolic OH excluding ortho intramolecular Hbond substituents is 2. The van der Waals surface area contributed by atoms with Gasteiger partial charge in [-0.15, -0.1) is 0 Å². The number of fused-ring (bicyclic) bond motifs is 1. The number of allylic oxidation sites excluding steroid dienone is 2. The van der Waals surface area contributed by atoms with Crippen LogP contribution in [0.25, 0.3) is 11.0 Å². The first-order chi connectivity index (χ1) is 17.6. The van der Waals surface area contributed by atoms with Gasteiger partial charge in [-0.3, -0.25) is 4.79 Å². The fraction of sp³-hybridized carbons (Fsp3) is 0.172. The zero-order chi connectivity index (χ0) is 27.1. The number of aryl methyl sites for hydroxylation is 1. The monoisotopic (exact) mass is 503 g/mol. The van der Waals surface area contributed by atoms with E-state index in [0.717, 1.165) is 11.1 Å². The SMILES string of the molecule is COc1cc(O)c2c(=O)cc(C)oc2c1CC=C(C)C.Nc1ccc(C(=O)Oc2ccccc2)c(O)c1. The van der Waals surface area contributed by atoms with E-state index in [1.54, 1.807) is 31.2 Å². The molecule has 0 aliphatic carbocycles. The van der Waals surface area contributed by atoms with E-state index in [2.05, 4.69) is 0 Å². The van der Waals surface area contributed by atoms with Crippen LogP contribution in [0.4, 0.5) is 5.69 Å². The molecule has 0 aliphatic rings. The number of phenols is 2. The normalized spacial score (nSPS) is 10.3. The van der Waals surface area contributed by atoms with E-state index in [-0.39, 0.29) is 27.9 Å². The lowest BCUT2D eigenvalue weighted by molar-refractivity contribution is 0.0731. The number of hydrogen-bond acceptors (Lipinski definition) is 8. The van der Waals surface area contributed by atoms with Gasteiger partial charge >= 0.3 is 5.97 Å². The molecule has 0 spiro atoms. The molecule has 4 rings (SSSR count). The third kappa shape index (κ3) is 6.70. The Morgan fingerprint density at radius 1 is 1.03 bits per heavy atom. The summed E-state index contributed by atoms with van der Waals surface area (Å²) in [5.74, 6) is 0.523. The fourth-order valence-corrected chi connectivity index (χ4v) is 3.51. The van der Waals surface area contributed by atoms with E-state index in [1.165, 1.54) is 37.4 Å². The maximum Gasteiger partial charge on any atom is 0.347 e. The highest BCUT2D eigenvalue weighted by Crippen LogP contribution is 2.34. The Balaban J connectivity index is 0.000000208. The van der Waals surface area contributed by atoms with Crippen molar-refractivity contribution in [2.45, 2.75) is 27.2 Å². The van der Waals surface area contributed by atoms with Crippen LogP contribution in [-0.4, -0.2) is 23.3 Å². The number of aromatic hydroxyl groups is 2. The number of esters is 1. The summed E-state index contributed by atoms with van der Waals surface area (Å²) in [6.45, 7) is 5.70. The molecule has 0 aliphatic heterocycles. The van der Waals surface area contributed by atoms with Crippen LogP contribution >= 0.6 is 0 Å². The van der Waals surface area contributed by atoms with Gasteiger partial charge in [-0.2, -0.15) is 0 Å². The Morgan fingerprint density at radius 3 is 2.35 bits per heavy atom. The predicted molar refractivity (Wildman–Crippen MR) is 142 cm³/mol. The smallest absolute Gasteiger partial charge is 0.347 e. The zero-order valence-electron chi connectivity index (χ0n) is 21.1. The van der Waals surface area contributed by atoms with Crippen molar-refractivity contribution in [3.8, 4) is 23.0 Å². The minimum Gasteiger partial charge on any atom is -0.507 e. The highest BCUT2D eigenvalue weighted by Gasteiger charge is 2.17. The number of para-hydroxylation sites is 1. The lowest BCUT2D eigenvalue weighted by Crippen LogP contribution is -2.08. The number of hydrogen-bond donors (Lipinski definition) is 3. The van der Waals surface area contributed by atoms with Gasteiger partial charge in [-0.1, -0.05) is 29.8 Å². The van der Waals surface area contributed by atoms with Crippen LogP contribution in [0.2, 0.25) is 0 Å². The number of anilines is 1. The quantitative estimate of drug-likeness (QED) is 0.140. The van der Waals surface area contributed by atoms with E-state index >= 15 is 0 Å². The highest BCUT2D eigenvalue weighted by molar-refractivity contribution is 5.94. The summed E-state index contributed by atoms with van der Waals surface area (Å²) in [6.07, 6.45) is 2.60. The summed E-state index contributed by atoms with van der Waals surface area (Å²) >= 11 is 0. The number of methoxy groups -OCH3 is 1. The van der Waals surface area contributed by atoms with Crippen molar-refractivity contribution in [2.75, 3.05) is 12.8 Å². The molecule has 0 atom stereocenters. The second kappa shape index (κ2) is 11.8. The molecule has 0 saturated carbocycles. The maximum absolute atomic E-state index is 12.0. The summed E-state index contributed by atoms with van der Waals surface area (Å²) in [7, 11) is 1.53. The molecule has 0 saturated heterocycles. The number of rotatable bonds is 5. The minimum absolute atomic E-state index is 0.0862. The lowest BCUT2D eigenvalue weighted by Gasteiger charge is -2.11. The second-order valence-electron chi connectivity index (χ2n) is 8.47. The van der Waals surface area contributed by atoms with Crippen molar-refractivity contribution in [1.29, 1.82) is 0 Å². The molecule has 0 bridgehead atoms. The van der Waals surface area contributed by atoms with E-state index in [1.807, 2.05) is 26.0 Å². The van der Waals surface area contributed by atoms with Crippen molar-refractivity contribution in [1.82, 2.24) is 0 Å². The molecular weight excluding hydrogens is 474 g/mol. The standard InChI is InChI=1S/C16H18O4.C13H11NO3/c1-9(2)5-6-11-14(19-4)8-13(18)15-12(17)7-10(3)20-16(11)15;14-9-6-7-11(12(15)8-9)13(16)17-10-4-2-1-3-5-10/h5,7-8,18H,6H2,1-4H3;1-8,15H,14H2. The van der Waals surface area contributed by atoms with Crippen molar-refractivity contribution < 1.29 is 28.9 Å². The highest BCUT2D eigenvalue weighted by atomic mass is 16.5. The number of ether oxygens (including phenoxy) is 2. The molecule has 0 fully saturated rings.